The number of halogens is 2. The van der Waals surface area contributed by atoms with Gasteiger partial charge in [0, 0.05) is 11.6 Å². The normalized spacial score (nSPS) is 11.8. The molecule has 1 unspecified atom stereocenters. The summed E-state index contributed by atoms with van der Waals surface area (Å²) in [5.74, 6) is -3.08. The van der Waals surface area contributed by atoms with Crippen LogP contribution >= 0.6 is 0 Å². The van der Waals surface area contributed by atoms with Gasteiger partial charge in [-0.15, -0.1) is 0 Å². The van der Waals surface area contributed by atoms with E-state index in [2.05, 4.69) is 10.6 Å². The van der Waals surface area contributed by atoms with Crippen molar-refractivity contribution in [2.24, 2.45) is 0 Å². The Morgan fingerprint density at radius 1 is 1.26 bits per heavy atom. The molecule has 0 saturated carbocycles. The lowest BCUT2D eigenvalue weighted by Crippen LogP contribution is -2.40. The van der Waals surface area contributed by atoms with Gasteiger partial charge in [-0.2, -0.15) is 0 Å². The van der Waals surface area contributed by atoms with Crippen LogP contribution in [0, 0.1) is 11.6 Å². The second kappa shape index (κ2) is 6.82. The van der Waals surface area contributed by atoms with Gasteiger partial charge in [-0.05, 0) is 31.5 Å². The van der Waals surface area contributed by atoms with Crippen LogP contribution in [0.5, 0.6) is 0 Å². The fraction of sp³-hybridized carbons (Fsp3) is 0.385. The van der Waals surface area contributed by atoms with Crippen molar-refractivity contribution >= 4 is 11.8 Å². The third-order valence-electron chi connectivity index (χ3n) is 2.61. The summed E-state index contributed by atoms with van der Waals surface area (Å²) in [7, 11) is 0. The minimum atomic E-state index is -1.10. The van der Waals surface area contributed by atoms with Gasteiger partial charge in [-0.25, -0.2) is 8.78 Å². The van der Waals surface area contributed by atoms with E-state index in [9.17, 15) is 18.4 Å². The summed E-state index contributed by atoms with van der Waals surface area (Å²) >= 11 is 0. The van der Waals surface area contributed by atoms with Gasteiger partial charge in [-0.1, -0.05) is 6.92 Å². The molecule has 0 aliphatic carbocycles. The third kappa shape index (κ3) is 4.65. The first-order chi connectivity index (χ1) is 8.93. The summed E-state index contributed by atoms with van der Waals surface area (Å²) in [4.78, 5) is 23.0. The van der Waals surface area contributed by atoms with Gasteiger partial charge in [0.25, 0.3) is 5.91 Å². The van der Waals surface area contributed by atoms with Gasteiger partial charge < -0.3 is 10.6 Å². The van der Waals surface area contributed by atoms with Crippen LogP contribution in [0.25, 0.3) is 0 Å². The van der Waals surface area contributed by atoms with E-state index >= 15 is 0 Å². The van der Waals surface area contributed by atoms with Crippen LogP contribution in [0.2, 0.25) is 0 Å². The van der Waals surface area contributed by atoms with Crippen molar-refractivity contribution in [2.75, 3.05) is 6.54 Å². The second-order valence-electron chi connectivity index (χ2n) is 4.19. The zero-order chi connectivity index (χ0) is 14.4. The minimum Gasteiger partial charge on any atom is -0.352 e. The largest absolute Gasteiger partial charge is 0.352 e. The summed E-state index contributed by atoms with van der Waals surface area (Å²) in [6.07, 6.45) is 0.781. The molecule has 0 heterocycles. The Labute approximate surface area is 110 Å². The van der Waals surface area contributed by atoms with Gasteiger partial charge in [0.15, 0.2) is 11.6 Å². The van der Waals surface area contributed by atoms with E-state index in [1.807, 2.05) is 13.8 Å². The van der Waals surface area contributed by atoms with Crippen molar-refractivity contribution in [3.63, 3.8) is 0 Å². The third-order valence-corrected chi connectivity index (χ3v) is 2.61. The molecule has 104 valence electrons. The maximum atomic E-state index is 12.9. The highest BCUT2D eigenvalue weighted by Gasteiger charge is 2.11. The van der Waals surface area contributed by atoms with Gasteiger partial charge in [0.1, 0.15) is 0 Å². The summed E-state index contributed by atoms with van der Waals surface area (Å²) in [5, 5.41) is 5.00. The van der Waals surface area contributed by atoms with E-state index in [-0.39, 0.29) is 24.1 Å². The Balaban J connectivity index is 2.51. The smallest absolute Gasteiger partial charge is 0.251 e. The molecule has 0 spiro atoms. The van der Waals surface area contributed by atoms with Crippen LogP contribution in [-0.4, -0.2) is 24.4 Å². The highest BCUT2D eigenvalue weighted by molar-refractivity contribution is 5.96. The summed E-state index contributed by atoms with van der Waals surface area (Å²) in [6.45, 7) is 3.56. The number of benzene rings is 1. The fourth-order valence-electron chi connectivity index (χ4n) is 1.33. The summed E-state index contributed by atoms with van der Waals surface area (Å²) in [6, 6.07) is 2.83. The predicted octanol–water partition coefficient (Wildman–Crippen LogP) is 1.61. The van der Waals surface area contributed by atoms with Crippen LogP contribution in [0.3, 0.4) is 0 Å². The van der Waals surface area contributed by atoms with E-state index in [0.29, 0.717) is 0 Å². The van der Waals surface area contributed by atoms with Crippen molar-refractivity contribution in [2.45, 2.75) is 26.3 Å². The SMILES string of the molecule is CCC(C)NC(=O)CNC(=O)c1ccc(F)c(F)c1. The van der Waals surface area contributed by atoms with Crippen molar-refractivity contribution in [1.29, 1.82) is 0 Å². The van der Waals surface area contributed by atoms with Crippen molar-refractivity contribution in [3.05, 3.63) is 35.4 Å². The molecule has 2 N–H and O–H groups in total. The van der Waals surface area contributed by atoms with E-state index in [0.717, 1.165) is 24.6 Å². The molecule has 0 bridgehead atoms. The maximum absolute atomic E-state index is 12.9. The number of amides is 2. The Morgan fingerprint density at radius 3 is 2.53 bits per heavy atom. The minimum absolute atomic E-state index is 0.0210. The first kappa shape index (κ1) is 15.1. The number of nitrogens with one attached hydrogen (secondary N) is 2. The van der Waals surface area contributed by atoms with Crippen molar-refractivity contribution in [3.8, 4) is 0 Å². The lowest BCUT2D eigenvalue weighted by molar-refractivity contribution is -0.120. The average Bonchev–Trinajstić information content (AvgIpc) is 2.39. The molecular formula is C13H16F2N2O2. The molecule has 0 saturated heterocycles. The van der Waals surface area contributed by atoms with Gasteiger partial charge in [-0.3, -0.25) is 9.59 Å². The molecule has 0 aromatic heterocycles. The Morgan fingerprint density at radius 2 is 1.95 bits per heavy atom. The standard InChI is InChI=1S/C13H16F2N2O2/c1-3-8(2)17-12(18)7-16-13(19)9-4-5-10(14)11(15)6-9/h4-6,8H,3,7H2,1-2H3,(H,16,19)(H,17,18). The average molecular weight is 270 g/mol. The number of hydrogen-bond donors (Lipinski definition) is 2. The molecule has 4 nitrogen and oxygen atoms in total. The molecular weight excluding hydrogens is 254 g/mol. The van der Waals surface area contributed by atoms with E-state index in [1.54, 1.807) is 0 Å². The number of carbonyl (C=O) groups excluding carboxylic acids is 2. The highest BCUT2D eigenvalue weighted by atomic mass is 19.2. The van der Waals surface area contributed by atoms with Crippen LogP contribution in [-0.2, 0) is 4.79 Å². The first-order valence-electron chi connectivity index (χ1n) is 5.96. The fourth-order valence-corrected chi connectivity index (χ4v) is 1.33. The van der Waals surface area contributed by atoms with E-state index < -0.39 is 17.5 Å². The maximum Gasteiger partial charge on any atom is 0.251 e. The zero-order valence-corrected chi connectivity index (χ0v) is 10.8. The van der Waals surface area contributed by atoms with Gasteiger partial charge in [0.2, 0.25) is 5.91 Å². The highest BCUT2D eigenvalue weighted by Crippen LogP contribution is 2.08. The lowest BCUT2D eigenvalue weighted by Gasteiger charge is -2.11. The Kier molecular flexibility index (Phi) is 5.41. The molecule has 0 aliphatic rings. The molecule has 19 heavy (non-hydrogen) atoms. The van der Waals surface area contributed by atoms with Gasteiger partial charge >= 0.3 is 0 Å². The van der Waals surface area contributed by atoms with Crippen LogP contribution in [0.1, 0.15) is 30.6 Å². The summed E-state index contributed by atoms with van der Waals surface area (Å²) in [5.41, 5.74) is -0.0322. The molecule has 0 aliphatic heterocycles. The molecule has 1 aromatic rings. The molecule has 0 radical (unpaired) electrons. The molecule has 0 fully saturated rings. The molecule has 1 rings (SSSR count). The van der Waals surface area contributed by atoms with E-state index in [1.165, 1.54) is 0 Å². The van der Waals surface area contributed by atoms with Crippen molar-refractivity contribution in [1.82, 2.24) is 10.6 Å². The molecule has 2 amide bonds. The lowest BCUT2D eigenvalue weighted by atomic mass is 10.2. The predicted molar refractivity (Wildman–Crippen MR) is 66.6 cm³/mol. The zero-order valence-electron chi connectivity index (χ0n) is 10.8. The van der Waals surface area contributed by atoms with Crippen LogP contribution in [0.4, 0.5) is 8.78 Å². The monoisotopic (exact) mass is 270 g/mol. The molecule has 1 aromatic carbocycles. The quantitative estimate of drug-likeness (QED) is 0.854. The Bertz CT molecular complexity index is 478. The van der Waals surface area contributed by atoms with Crippen LogP contribution < -0.4 is 10.6 Å². The van der Waals surface area contributed by atoms with Crippen LogP contribution in [0.15, 0.2) is 18.2 Å². The topological polar surface area (TPSA) is 58.2 Å². The Hall–Kier alpha value is -1.98. The van der Waals surface area contributed by atoms with Crippen molar-refractivity contribution < 1.29 is 18.4 Å². The molecule has 6 heteroatoms. The van der Waals surface area contributed by atoms with E-state index in [4.69, 9.17) is 0 Å². The first-order valence-corrected chi connectivity index (χ1v) is 5.96. The number of rotatable bonds is 5. The summed E-state index contributed by atoms with van der Waals surface area (Å²) < 4.78 is 25.6. The second-order valence-corrected chi connectivity index (χ2v) is 4.19. The number of hydrogen-bond acceptors (Lipinski definition) is 2. The van der Waals surface area contributed by atoms with Gasteiger partial charge in [0.05, 0.1) is 6.54 Å². The number of carbonyl (C=O) groups is 2. The molecule has 1 atom stereocenters.